The van der Waals surface area contributed by atoms with Crippen LogP contribution in [0, 0.1) is 24.0 Å². The maximum atomic E-state index is 14.0. The summed E-state index contributed by atoms with van der Waals surface area (Å²) in [5, 5.41) is 18.2. The van der Waals surface area contributed by atoms with Gasteiger partial charge >= 0.3 is 0 Å². The Morgan fingerprint density at radius 3 is 2.29 bits per heavy atom. The first-order chi connectivity index (χ1) is 20.1. The normalized spacial score (nSPS) is 18.3. The zero-order chi connectivity index (χ0) is 30.1. The highest BCUT2D eigenvalue weighted by Crippen LogP contribution is 2.47. The van der Waals surface area contributed by atoms with E-state index in [2.05, 4.69) is 10.6 Å². The number of nitro groups is 1. The number of nitro benzene ring substituents is 1. The number of hydrogen-bond acceptors (Lipinski definition) is 7. The van der Waals surface area contributed by atoms with Gasteiger partial charge in [0.1, 0.15) is 0 Å². The van der Waals surface area contributed by atoms with Crippen LogP contribution in [0.5, 0.6) is 11.5 Å². The van der Waals surface area contributed by atoms with E-state index in [1.807, 2.05) is 49.4 Å². The van der Waals surface area contributed by atoms with Crippen LogP contribution < -0.4 is 20.1 Å². The van der Waals surface area contributed by atoms with Crippen molar-refractivity contribution in [1.82, 2.24) is 5.32 Å². The zero-order valence-electron chi connectivity index (χ0n) is 24.2. The van der Waals surface area contributed by atoms with Gasteiger partial charge in [-0.3, -0.25) is 19.7 Å². The Balaban J connectivity index is 1.59. The molecule has 3 aromatic carbocycles. The van der Waals surface area contributed by atoms with E-state index in [-0.39, 0.29) is 29.7 Å². The summed E-state index contributed by atoms with van der Waals surface area (Å²) in [6.07, 6.45) is 0.734. The first-order valence-corrected chi connectivity index (χ1v) is 13.7. The van der Waals surface area contributed by atoms with E-state index in [0.29, 0.717) is 57.3 Å². The van der Waals surface area contributed by atoms with Gasteiger partial charge in [-0.15, -0.1) is 0 Å². The van der Waals surface area contributed by atoms with Gasteiger partial charge in [0.25, 0.3) is 11.6 Å². The average Bonchev–Trinajstić information content (AvgIpc) is 2.97. The maximum absolute atomic E-state index is 14.0. The Morgan fingerprint density at radius 2 is 1.62 bits per heavy atom. The molecule has 0 saturated heterocycles. The molecular formula is C33H33N3O6. The molecule has 0 spiro atoms. The fourth-order valence-corrected chi connectivity index (χ4v) is 5.85. The molecular weight excluding hydrogens is 534 g/mol. The van der Waals surface area contributed by atoms with E-state index in [1.54, 1.807) is 40.2 Å². The summed E-state index contributed by atoms with van der Waals surface area (Å²) >= 11 is 0. The summed E-state index contributed by atoms with van der Waals surface area (Å²) in [6.45, 7) is 5.43. The van der Waals surface area contributed by atoms with Crippen molar-refractivity contribution in [2.24, 2.45) is 0 Å². The average molecular weight is 568 g/mol. The van der Waals surface area contributed by atoms with Gasteiger partial charge < -0.3 is 20.1 Å². The van der Waals surface area contributed by atoms with Gasteiger partial charge in [-0.25, -0.2) is 0 Å². The summed E-state index contributed by atoms with van der Waals surface area (Å²) in [7, 11) is 3.14. The van der Waals surface area contributed by atoms with Crippen molar-refractivity contribution in [3.8, 4) is 11.5 Å². The number of nitrogens with one attached hydrogen (secondary N) is 2. The number of hydrogen-bond donors (Lipinski definition) is 2. The summed E-state index contributed by atoms with van der Waals surface area (Å²) < 4.78 is 10.9. The largest absolute Gasteiger partial charge is 0.493 e. The number of ether oxygens (including phenoxy) is 2. The molecule has 1 aliphatic carbocycles. The third-order valence-electron chi connectivity index (χ3n) is 8.02. The second-order valence-electron chi connectivity index (χ2n) is 10.8. The minimum Gasteiger partial charge on any atom is -0.493 e. The number of anilines is 1. The van der Waals surface area contributed by atoms with Crippen molar-refractivity contribution in [3.63, 3.8) is 0 Å². The van der Waals surface area contributed by atoms with Crippen LogP contribution in [0.3, 0.4) is 0 Å². The molecule has 0 fully saturated rings. The van der Waals surface area contributed by atoms with E-state index in [4.69, 9.17) is 9.47 Å². The van der Waals surface area contributed by atoms with Crippen molar-refractivity contribution in [2.75, 3.05) is 19.5 Å². The highest BCUT2D eigenvalue weighted by Gasteiger charge is 2.41. The van der Waals surface area contributed by atoms with Crippen LogP contribution in [-0.2, 0) is 9.59 Å². The molecule has 1 heterocycles. The minimum atomic E-state index is -0.773. The Hall–Kier alpha value is -4.92. The Labute approximate surface area is 244 Å². The molecule has 0 bridgehead atoms. The number of methoxy groups -OCH3 is 2. The lowest BCUT2D eigenvalue weighted by molar-refractivity contribution is -0.385. The third kappa shape index (κ3) is 5.37. The lowest BCUT2D eigenvalue weighted by Gasteiger charge is -2.37. The van der Waals surface area contributed by atoms with Crippen molar-refractivity contribution >= 4 is 23.1 Å². The van der Waals surface area contributed by atoms with Gasteiger partial charge in [-0.05, 0) is 68.5 Å². The number of Topliss-reactive ketones (excluding diaryl/α,β-unsaturated/α-hetero) is 1. The molecule has 2 aliphatic rings. The molecule has 1 amide bonds. The number of nitrogens with zero attached hydrogens (tertiary/aromatic N) is 1. The molecule has 1 aliphatic heterocycles. The fourth-order valence-electron chi connectivity index (χ4n) is 5.85. The molecule has 9 nitrogen and oxygen atoms in total. The number of rotatable bonds is 7. The van der Waals surface area contributed by atoms with Crippen LogP contribution in [0.2, 0.25) is 0 Å². The molecule has 3 aromatic rings. The van der Waals surface area contributed by atoms with Crippen molar-refractivity contribution in [1.29, 1.82) is 0 Å². The van der Waals surface area contributed by atoms with Gasteiger partial charge in [-0.2, -0.15) is 0 Å². The number of carbonyl (C=O) groups is 2. The van der Waals surface area contributed by atoms with Gasteiger partial charge in [0.15, 0.2) is 17.3 Å². The standard InChI is InChI=1S/C33H33N3O6/c1-18-6-11-24(12-7-18)35-33(38)30-20(3)34-25-14-23(21-10-13-28(41-4)29(17-21)42-5)16-27(37)32(25)31(30)22-9-8-19(2)26(15-22)36(39)40/h6-13,15,17,23,31,34H,14,16H2,1-5H3,(H,35,38)/t23-,31+/m1/s1. The molecule has 2 atom stereocenters. The molecule has 0 saturated carbocycles. The van der Waals surface area contributed by atoms with Crippen LogP contribution in [-0.4, -0.2) is 30.8 Å². The van der Waals surface area contributed by atoms with Crippen molar-refractivity contribution in [3.05, 3.63) is 116 Å². The molecule has 9 heteroatoms. The molecule has 5 rings (SSSR count). The van der Waals surface area contributed by atoms with Crippen molar-refractivity contribution in [2.45, 2.75) is 45.4 Å². The Bertz CT molecular complexity index is 1650. The van der Waals surface area contributed by atoms with Crippen LogP contribution >= 0.6 is 0 Å². The van der Waals surface area contributed by atoms with E-state index in [0.717, 1.165) is 11.1 Å². The van der Waals surface area contributed by atoms with E-state index in [1.165, 1.54) is 6.07 Å². The maximum Gasteiger partial charge on any atom is 0.272 e. The summed E-state index contributed by atoms with van der Waals surface area (Å²) in [6, 6.07) is 18.0. The first kappa shape index (κ1) is 28.6. The zero-order valence-corrected chi connectivity index (χ0v) is 24.2. The molecule has 0 radical (unpaired) electrons. The molecule has 0 unspecified atom stereocenters. The lowest BCUT2D eigenvalue weighted by atomic mass is 9.71. The lowest BCUT2D eigenvalue weighted by Crippen LogP contribution is -2.37. The number of allylic oxidation sites excluding steroid dienone is 3. The summed E-state index contributed by atoms with van der Waals surface area (Å²) in [4.78, 5) is 39.2. The number of dihydropyridines is 1. The Morgan fingerprint density at radius 1 is 0.929 bits per heavy atom. The summed E-state index contributed by atoms with van der Waals surface area (Å²) in [5.74, 6) is -0.224. The molecule has 2 N–H and O–H groups in total. The molecule has 216 valence electrons. The fraction of sp³-hybridized carbons (Fsp3) is 0.273. The van der Waals surface area contributed by atoms with Crippen molar-refractivity contribution < 1.29 is 24.0 Å². The number of aryl methyl sites for hydroxylation is 2. The number of amides is 1. The highest BCUT2D eigenvalue weighted by atomic mass is 16.6. The molecule has 42 heavy (non-hydrogen) atoms. The summed E-state index contributed by atoms with van der Waals surface area (Å²) in [5.41, 5.74) is 5.68. The van der Waals surface area contributed by atoms with E-state index < -0.39 is 10.8 Å². The quantitative estimate of drug-likeness (QED) is 0.257. The Kier molecular flexibility index (Phi) is 7.85. The van der Waals surface area contributed by atoms with Crippen LogP contribution in [0.1, 0.15) is 53.9 Å². The second-order valence-corrected chi connectivity index (χ2v) is 10.8. The van der Waals surface area contributed by atoms with Gasteiger partial charge in [0, 0.05) is 52.2 Å². The number of ketones is 1. The van der Waals surface area contributed by atoms with Gasteiger partial charge in [-0.1, -0.05) is 35.9 Å². The van der Waals surface area contributed by atoms with Crippen LogP contribution in [0.4, 0.5) is 11.4 Å². The minimum absolute atomic E-state index is 0.0596. The predicted octanol–water partition coefficient (Wildman–Crippen LogP) is 6.23. The van der Waals surface area contributed by atoms with E-state index in [9.17, 15) is 19.7 Å². The molecule has 0 aromatic heterocycles. The smallest absolute Gasteiger partial charge is 0.272 e. The van der Waals surface area contributed by atoms with Crippen LogP contribution in [0.25, 0.3) is 0 Å². The third-order valence-corrected chi connectivity index (χ3v) is 8.02. The monoisotopic (exact) mass is 567 g/mol. The highest BCUT2D eigenvalue weighted by molar-refractivity contribution is 6.10. The van der Waals surface area contributed by atoms with Gasteiger partial charge in [0.05, 0.1) is 19.1 Å². The SMILES string of the molecule is COc1ccc([C@H]2CC(=O)C3=C(C2)NC(C)=C(C(=O)Nc2ccc(C)cc2)[C@@H]3c2ccc(C)c([N+](=O)[O-])c2)cc1OC. The predicted molar refractivity (Wildman–Crippen MR) is 160 cm³/mol. The number of carbonyl (C=O) groups excluding carboxylic acids is 2. The first-order valence-electron chi connectivity index (χ1n) is 13.7. The van der Waals surface area contributed by atoms with E-state index >= 15 is 0 Å². The topological polar surface area (TPSA) is 120 Å². The number of benzene rings is 3. The van der Waals surface area contributed by atoms with Gasteiger partial charge in [0.2, 0.25) is 0 Å². The second kappa shape index (κ2) is 11.5. The van der Waals surface area contributed by atoms with Crippen LogP contribution in [0.15, 0.2) is 83.2 Å².